The summed E-state index contributed by atoms with van der Waals surface area (Å²) in [6.45, 7) is 5.51. The Morgan fingerprint density at radius 2 is 2.20 bits per heavy atom. The number of hydrogen-bond acceptors (Lipinski definition) is 3. The van der Waals surface area contributed by atoms with Crippen LogP contribution in [0.1, 0.15) is 32.1 Å². The van der Waals surface area contributed by atoms with Crippen molar-refractivity contribution in [2.24, 2.45) is 11.7 Å². The molecule has 0 spiro atoms. The van der Waals surface area contributed by atoms with Gasteiger partial charge in [0.25, 0.3) is 0 Å². The minimum Gasteiger partial charge on any atom is -0.378 e. The summed E-state index contributed by atoms with van der Waals surface area (Å²) >= 11 is 0. The molecule has 0 aromatic rings. The maximum atomic E-state index is 5.74. The Hall–Kier alpha value is -0.120. The second-order valence-electron chi connectivity index (χ2n) is 4.97. The molecule has 0 bridgehead atoms. The Morgan fingerprint density at radius 1 is 1.27 bits per heavy atom. The Kier molecular flexibility index (Phi) is 4.42. The number of rotatable bonds is 4. The van der Waals surface area contributed by atoms with Crippen molar-refractivity contribution in [3.8, 4) is 0 Å². The molecule has 88 valence electrons. The average Bonchev–Trinajstić information content (AvgIpc) is 2.76. The Balaban J connectivity index is 1.61. The van der Waals surface area contributed by atoms with E-state index in [1.165, 1.54) is 51.7 Å². The van der Waals surface area contributed by atoms with Crippen molar-refractivity contribution in [2.45, 2.75) is 38.2 Å². The molecule has 2 fully saturated rings. The lowest BCUT2D eigenvalue weighted by molar-refractivity contribution is 0.00650. The van der Waals surface area contributed by atoms with E-state index in [9.17, 15) is 0 Å². The van der Waals surface area contributed by atoms with Gasteiger partial charge in [0.05, 0.1) is 6.10 Å². The molecule has 2 rings (SSSR count). The topological polar surface area (TPSA) is 38.5 Å². The summed E-state index contributed by atoms with van der Waals surface area (Å²) in [5.74, 6) is 0.747. The van der Waals surface area contributed by atoms with E-state index < -0.39 is 0 Å². The predicted molar refractivity (Wildman–Crippen MR) is 61.8 cm³/mol. The van der Waals surface area contributed by atoms with E-state index in [4.69, 9.17) is 10.5 Å². The van der Waals surface area contributed by atoms with E-state index >= 15 is 0 Å². The molecule has 15 heavy (non-hydrogen) atoms. The van der Waals surface area contributed by atoms with Crippen LogP contribution in [-0.2, 0) is 4.74 Å². The highest BCUT2D eigenvalue weighted by Gasteiger charge is 2.22. The maximum absolute atomic E-state index is 5.74. The first-order valence-corrected chi connectivity index (χ1v) is 6.42. The van der Waals surface area contributed by atoms with Crippen molar-refractivity contribution in [1.29, 1.82) is 0 Å². The van der Waals surface area contributed by atoms with Crippen molar-refractivity contribution >= 4 is 0 Å². The van der Waals surface area contributed by atoms with Crippen LogP contribution in [0.2, 0.25) is 0 Å². The van der Waals surface area contributed by atoms with Gasteiger partial charge >= 0.3 is 0 Å². The van der Waals surface area contributed by atoms with Crippen LogP contribution in [-0.4, -0.2) is 43.8 Å². The highest BCUT2D eigenvalue weighted by molar-refractivity contribution is 4.77. The summed E-state index contributed by atoms with van der Waals surface area (Å²) in [7, 11) is 0. The van der Waals surface area contributed by atoms with Crippen LogP contribution in [0.3, 0.4) is 0 Å². The Labute approximate surface area is 93.0 Å². The molecule has 2 aliphatic rings. The van der Waals surface area contributed by atoms with Crippen molar-refractivity contribution < 1.29 is 4.74 Å². The predicted octanol–water partition coefficient (Wildman–Crippen LogP) is 1.23. The third-order valence-electron chi connectivity index (χ3n) is 3.74. The van der Waals surface area contributed by atoms with Crippen molar-refractivity contribution in [1.82, 2.24) is 4.90 Å². The van der Waals surface area contributed by atoms with Gasteiger partial charge in [0.15, 0.2) is 0 Å². The Bertz CT molecular complexity index is 180. The molecular weight excluding hydrogens is 188 g/mol. The van der Waals surface area contributed by atoms with Gasteiger partial charge in [0.2, 0.25) is 0 Å². The zero-order valence-electron chi connectivity index (χ0n) is 9.66. The summed E-state index contributed by atoms with van der Waals surface area (Å²) in [5, 5.41) is 0. The molecule has 0 aromatic carbocycles. The molecule has 2 heterocycles. The van der Waals surface area contributed by atoms with Crippen molar-refractivity contribution in [3.63, 3.8) is 0 Å². The molecule has 0 radical (unpaired) electrons. The van der Waals surface area contributed by atoms with Gasteiger partial charge in [-0.3, -0.25) is 0 Å². The number of likely N-dealkylation sites (tertiary alicyclic amines) is 1. The van der Waals surface area contributed by atoms with Gasteiger partial charge in [0.1, 0.15) is 0 Å². The second kappa shape index (κ2) is 5.83. The van der Waals surface area contributed by atoms with Crippen molar-refractivity contribution in [2.75, 3.05) is 32.8 Å². The van der Waals surface area contributed by atoms with Crippen LogP contribution in [0.5, 0.6) is 0 Å². The third-order valence-corrected chi connectivity index (χ3v) is 3.74. The van der Waals surface area contributed by atoms with E-state index in [1.54, 1.807) is 0 Å². The van der Waals surface area contributed by atoms with Crippen LogP contribution in [0.15, 0.2) is 0 Å². The van der Waals surface area contributed by atoms with Gasteiger partial charge in [-0.2, -0.15) is 0 Å². The quantitative estimate of drug-likeness (QED) is 0.761. The molecule has 2 N–H and O–H groups in total. The lowest BCUT2D eigenvalue weighted by atomic mass is 10.1. The summed E-state index contributed by atoms with van der Waals surface area (Å²) in [6.07, 6.45) is 6.94. The molecule has 2 saturated heterocycles. The fourth-order valence-electron chi connectivity index (χ4n) is 2.67. The van der Waals surface area contributed by atoms with Gasteiger partial charge in [-0.25, -0.2) is 0 Å². The Morgan fingerprint density at radius 3 is 2.87 bits per heavy atom. The van der Waals surface area contributed by atoms with Gasteiger partial charge < -0.3 is 15.4 Å². The molecule has 2 unspecified atom stereocenters. The van der Waals surface area contributed by atoms with Crippen molar-refractivity contribution in [3.05, 3.63) is 0 Å². The summed E-state index contributed by atoms with van der Waals surface area (Å²) in [5.41, 5.74) is 5.68. The molecule has 0 aromatic heterocycles. The van der Waals surface area contributed by atoms with Gasteiger partial charge in [-0.05, 0) is 51.1 Å². The molecule has 3 nitrogen and oxygen atoms in total. The molecule has 2 aliphatic heterocycles. The average molecular weight is 212 g/mol. The number of ether oxygens (including phenoxy) is 1. The first-order chi connectivity index (χ1) is 7.38. The maximum Gasteiger partial charge on any atom is 0.0587 e. The van der Waals surface area contributed by atoms with E-state index in [2.05, 4.69) is 4.90 Å². The zero-order chi connectivity index (χ0) is 10.5. The lowest BCUT2D eigenvalue weighted by Crippen LogP contribution is -2.29. The van der Waals surface area contributed by atoms with Crippen LogP contribution in [0, 0.1) is 5.92 Å². The molecule has 0 aliphatic carbocycles. The number of hydrogen-bond donors (Lipinski definition) is 1. The SMILES string of the molecule is NCC1CCN(CCC2CCCCO2)C1. The first-order valence-electron chi connectivity index (χ1n) is 6.42. The van der Waals surface area contributed by atoms with Gasteiger partial charge in [0, 0.05) is 19.7 Å². The summed E-state index contributed by atoms with van der Waals surface area (Å²) in [4.78, 5) is 2.55. The van der Waals surface area contributed by atoms with Crippen LogP contribution < -0.4 is 5.73 Å². The van der Waals surface area contributed by atoms with E-state index in [0.717, 1.165) is 19.1 Å². The highest BCUT2D eigenvalue weighted by atomic mass is 16.5. The van der Waals surface area contributed by atoms with Crippen LogP contribution >= 0.6 is 0 Å². The van der Waals surface area contributed by atoms with Crippen LogP contribution in [0.4, 0.5) is 0 Å². The fraction of sp³-hybridized carbons (Fsp3) is 1.00. The molecular formula is C12H24N2O. The first kappa shape index (κ1) is 11.4. The van der Waals surface area contributed by atoms with E-state index in [1.807, 2.05) is 0 Å². The number of nitrogens with two attached hydrogens (primary N) is 1. The number of nitrogens with zero attached hydrogens (tertiary/aromatic N) is 1. The second-order valence-corrected chi connectivity index (χ2v) is 4.97. The van der Waals surface area contributed by atoms with Gasteiger partial charge in [-0.1, -0.05) is 0 Å². The normalized spacial score (nSPS) is 33.4. The monoisotopic (exact) mass is 212 g/mol. The minimum atomic E-state index is 0.538. The molecule has 0 amide bonds. The molecule has 3 heteroatoms. The largest absolute Gasteiger partial charge is 0.378 e. The third kappa shape index (κ3) is 3.44. The standard InChI is InChI=1S/C12H24N2O/c13-9-11-4-6-14(10-11)7-5-12-3-1-2-8-15-12/h11-12H,1-10,13H2. The molecule has 0 saturated carbocycles. The molecule has 2 atom stereocenters. The lowest BCUT2D eigenvalue weighted by Gasteiger charge is -2.25. The zero-order valence-corrected chi connectivity index (χ0v) is 9.66. The van der Waals surface area contributed by atoms with Crippen LogP contribution in [0.25, 0.3) is 0 Å². The van der Waals surface area contributed by atoms with E-state index in [0.29, 0.717) is 6.10 Å². The minimum absolute atomic E-state index is 0.538. The van der Waals surface area contributed by atoms with E-state index in [-0.39, 0.29) is 0 Å². The summed E-state index contributed by atoms with van der Waals surface area (Å²) < 4.78 is 5.74. The smallest absolute Gasteiger partial charge is 0.0587 e. The van der Waals surface area contributed by atoms with Gasteiger partial charge in [-0.15, -0.1) is 0 Å². The fourth-order valence-corrected chi connectivity index (χ4v) is 2.67. The summed E-state index contributed by atoms with van der Waals surface area (Å²) in [6, 6.07) is 0. The highest BCUT2D eigenvalue weighted by Crippen LogP contribution is 2.19.